The highest BCUT2D eigenvalue weighted by Gasteiger charge is 2.26. The molecule has 1 aromatic rings. The molecule has 1 aliphatic rings. The van der Waals surface area contributed by atoms with Crippen molar-refractivity contribution in [3.8, 4) is 11.5 Å². The Kier molecular flexibility index (Phi) is 3.86. The summed E-state index contributed by atoms with van der Waals surface area (Å²) in [5.74, 6) is 1.93. The summed E-state index contributed by atoms with van der Waals surface area (Å²) in [5, 5.41) is 0. The van der Waals surface area contributed by atoms with Crippen molar-refractivity contribution in [2.45, 2.75) is 18.4 Å². The highest BCUT2D eigenvalue weighted by atomic mass is 16.5. The van der Waals surface area contributed by atoms with Gasteiger partial charge in [0.1, 0.15) is 0 Å². The van der Waals surface area contributed by atoms with Crippen molar-refractivity contribution < 1.29 is 14.2 Å². The predicted octanol–water partition coefficient (Wildman–Crippen LogP) is 1.53. The lowest BCUT2D eigenvalue weighted by atomic mass is 9.96. The molecule has 0 bridgehead atoms. The molecule has 1 fully saturated rings. The van der Waals surface area contributed by atoms with Crippen LogP contribution in [0.15, 0.2) is 18.2 Å². The molecule has 17 heavy (non-hydrogen) atoms. The molecule has 0 aromatic heterocycles. The minimum Gasteiger partial charge on any atom is -0.493 e. The largest absolute Gasteiger partial charge is 0.493 e. The Hall–Kier alpha value is -1.26. The first-order chi connectivity index (χ1) is 8.28. The zero-order chi connectivity index (χ0) is 12.3. The van der Waals surface area contributed by atoms with Gasteiger partial charge in [-0.25, -0.2) is 0 Å². The number of ether oxygens (including phenoxy) is 3. The molecule has 4 heteroatoms. The Bertz CT molecular complexity index is 381. The van der Waals surface area contributed by atoms with Crippen LogP contribution in [0.3, 0.4) is 0 Å². The van der Waals surface area contributed by atoms with Crippen molar-refractivity contribution in [3.63, 3.8) is 0 Å². The number of hydrogen-bond acceptors (Lipinski definition) is 4. The Balaban J connectivity index is 2.16. The van der Waals surface area contributed by atoms with Gasteiger partial charge in [-0.15, -0.1) is 0 Å². The summed E-state index contributed by atoms with van der Waals surface area (Å²) in [6.45, 7) is 1.32. The molecule has 0 saturated carbocycles. The van der Waals surface area contributed by atoms with E-state index in [1.54, 1.807) is 14.2 Å². The van der Waals surface area contributed by atoms with Crippen LogP contribution in [0.1, 0.15) is 17.9 Å². The second-order valence-electron chi connectivity index (χ2n) is 4.24. The average molecular weight is 237 g/mol. The summed E-state index contributed by atoms with van der Waals surface area (Å²) in [6, 6.07) is 6.02. The Morgan fingerprint density at radius 1 is 1.29 bits per heavy atom. The molecule has 0 radical (unpaired) electrons. The zero-order valence-corrected chi connectivity index (χ0v) is 10.3. The summed E-state index contributed by atoms with van der Waals surface area (Å²) in [4.78, 5) is 0. The van der Waals surface area contributed by atoms with E-state index >= 15 is 0 Å². The molecule has 1 aromatic carbocycles. The van der Waals surface area contributed by atoms with E-state index in [1.807, 2.05) is 12.1 Å². The SMILES string of the molecule is COc1ccc([C@@H]2CO[C@@H](CN)C2)cc1OC. The van der Waals surface area contributed by atoms with Crippen LogP contribution in [0.4, 0.5) is 0 Å². The maximum absolute atomic E-state index is 5.61. The summed E-state index contributed by atoms with van der Waals surface area (Å²) in [6.07, 6.45) is 1.17. The molecular formula is C13H19NO3. The fraction of sp³-hybridized carbons (Fsp3) is 0.538. The van der Waals surface area contributed by atoms with Crippen LogP contribution < -0.4 is 15.2 Å². The minimum atomic E-state index is 0.188. The van der Waals surface area contributed by atoms with E-state index in [0.29, 0.717) is 12.5 Å². The Morgan fingerprint density at radius 2 is 2.06 bits per heavy atom. The molecule has 0 unspecified atom stereocenters. The van der Waals surface area contributed by atoms with Gasteiger partial charge in [-0.05, 0) is 24.1 Å². The molecule has 0 aliphatic carbocycles. The first kappa shape index (κ1) is 12.2. The smallest absolute Gasteiger partial charge is 0.160 e. The van der Waals surface area contributed by atoms with Crippen molar-refractivity contribution in [3.05, 3.63) is 23.8 Å². The molecule has 1 saturated heterocycles. The molecule has 4 nitrogen and oxygen atoms in total. The van der Waals surface area contributed by atoms with Crippen LogP contribution in [-0.4, -0.2) is 33.5 Å². The Morgan fingerprint density at radius 3 is 2.65 bits per heavy atom. The van der Waals surface area contributed by atoms with Gasteiger partial charge in [0.2, 0.25) is 0 Å². The van der Waals surface area contributed by atoms with Crippen LogP contribution >= 0.6 is 0 Å². The van der Waals surface area contributed by atoms with Gasteiger partial charge in [-0.1, -0.05) is 6.07 Å². The van der Waals surface area contributed by atoms with Gasteiger partial charge in [0.25, 0.3) is 0 Å². The molecule has 2 atom stereocenters. The third-order valence-corrected chi connectivity index (χ3v) is 3.22. The lowest BCUT2D eigenvalue weighted by Crippen LogP contribution is -2.18. The molecular weight excluding hydrogens is 218 g/mol. The summed E-state index contributed by atoms with van der Waals surface area (Å²) >= 11 is 0. The van der Waals surface area contributed by atoms with Crippen molar-refractivity contribution in [1.82, 2.24) is 0 Å². The molecule has 1 heterocycles. The fourth-order valence-electron chi connectivity index (χ4n) is 2.21. The van der Waals surface area contributed by atoms with Crippen molar-refractivity contribution in [2.75, 3.05) is 27.4 Å². The highest BCUT2D eigenvalue weighted by Crippen LogP contribution is 2.35. The molecule has 94 valence electrons. The van der Waals surface area contributed by atoms with E-state index in [2.05, 4.69) is 6.07 Å². The number of nitrogens with two attached hydrogens (primary N) is 1. The van der Waals surface area contributed by atoms with Crippen molar-refractivity contribution in [1.29, 1.82) is 0 Å². The number of methoxy groups -OCH3 is 2. The van der Waals surface area contributed by atoms with Gasteiger partial charge in [0, 0.05) is 12.5 Å². The lowest BCUT2D eigenvalue weighted by molar-refractivity contribution is 0.116. The van der Waals surface area contributed by atoms with Crippen LogP contribution in [0.25, 0.3) is 0 Å². The summed E-state index contributed by atoms with van der Waals surface area (Å²) < 4.78 is 16.1. The van der Waals surface area contributed by atoms with Gasteiger partial charge >= 0.3 is 0 Å². The van der Waals surface area contributed by atoms with E-state index in [0.717, 1.165) is 24.5 Å². The van der Waals surface area contributed by atoms with Crippen LogP contribution in [-0.2, 0) is 4.74 Å². The third kappa shape index (κ3) is 2.53. The van der Waals surface area contributed by atoms with Gasteiger partial charge in [0.15, 0.2) is 11.5 Å². The van der Waals surface area contributed by atoms with Crippen LogP contribution in [0.5, 0.6) is 11.5 Å². The zero-order valence-electron chi connectivity index (χ0n) is 10.3. The molecule has 2 rings (SSSR count). The number of benzene rings is 1. The van der Waals surface area contributed by atoms with E-state index in [9.17, 15) is 0 Å². The lowest BCUT2D eigenvalue weighted by Gasteiger charge is -2.12. The fourth-order valence-corrected chi connectivity index (χ4v) is 2.21. The number of rotatable bonds is 4. The molecule has 2 N–H and O–H groups in total. The topological polar surface area (TPSA) is 53.7 Å². The summed E-state index contributed by atoms with van der Waals surface area (Å²) in [5.41, 5.74) is 6.83. The van der Waals surface area contributed by atoms with E-state index in [-0.39, 0.29) is 6.10 Å². The number of hydrogen-bond donors (Lipinski definition) is 1. The molecule has 0 amide bonds. The van der Waals surface area contributed by atoms with E-state index in [4.69, 9.17) is 19.9 Å². The maximum Gasteiger partial charge on any atom is 0.160 e. The van der Waals surface area contributed by atoms with Crippen molar-refractivity contribution >= 4 is 0 Å². The van der Waals surface area contributed by atoms with Crippen molar-refractivity contribution in [2.24, 2.45) is 5.73 Å². The third-order valence-electron chi connectivity index (χ3n) is 3.22. The van der Waals surface area contributed by atoms with Crippen LogP contribution in [0.2, 0.25) is 0 Å². The minimum absolute atomic E-state index is 0.188. The highest BCUT2D eigenvalue weighted by molar-refractivity contribution is 5.44. The monoisotopic (exact) mass is 237 g/mol. The van der Waals surface area contributed by atoms with Gasteiger partial charge in [-0.2, -0.15) is 0 Å². The van der Waals surface area contributed by atoms with Crippen LogP contribution in [0, 0.1) is 0 Å². The second kappa shape index (κ2) is 5.38. The first-order valence-corrected chi connectivity index (χ1v) is 5.82. The predicted molar refractivity (Wildman–Crippen MR) is 65.7 cm³/mol. The van der Waals surface area contributed by atoms with Gasteiger partial charge < -0.3 is 19.9 Å². The maximum atomic E-state index is 5.61. The summed E-state index contributed by atoms with van der Waals surface area (Å²) in [7, 11) is 3.29. The van der Waals surface area contributed by atoms with E-state index < -0.39 is 0 Å². The standard InChI is InChI=1S/C13H19NO3/c1-15-12-4-3-9(6-13(12)16-2)10-5-11(7-14)17-8-10/h3-4,6,10-11H,5,7-8,14H2,1-2H3/t10-,11+/m0/s1. The average Bonchev–Trinajstić information content (AvgIpc) is 2.86. The van der Waals surface area contributed by atoms with Gasteiger partial charge in [-0.3, -0.25) is 0 Å². The Labute approximate surface area is 102 Å². The first-order valence-electron chi connectivity index (χ1n) is 5.82. The van der Waals surface area contributed by atoms with E-state index in [1.165, 1.54) is 5.56 Å². The molecule has 0 spiro atoms. The molecule has 1 aliphatic heterocycles. The van der Waals surface area contributed by atoms with Gasteiger partial charge in [0.05, 0.1) is 26.9 Å². The second-order valence-corrected chi connectivity index (χ2v) is 4.24. The quantitative estimate of drug-likeness (QED) is 0.863. The normalized spacial score (nSPS) is 23.7.